The van der Waals surface area contributed by atoms with Crippen molar-refractivity contribution < 1.29 is 80.2 Å². The van der Waals surface area contributed by atoms with Gasteiger partial charge in [-0.05, 0) is 49.4 Å². The van der Waals surface area contributed by atoms with Crippen LogP contribution in [0.15, 0.2) is 0 Å². The molecule has 0 spiro atoms. The third-order valence-electron chi connectivity index (χ3n) is 16.3. The summed E-state index contributed by atoms with van der Waals surface area (Å²) in [6, 6.07) is 0. The zero-order valence-corrected chi connectivity index (χ0v) is 60.6. The van der Waals surface area contributed by atoms with Crippen molar-refractivity contribution in [1.82, 2.24) is 0 Å². The van der Waals surface area contributed by atoms with E-state index < -0.39 is 97.5 Å². The Labute approximate surface area is 549 Å². The third kappa shape index (κ3) is 64.8. The predicted molar refractivity (Wildman–Crippen MR) is 363 cm³/mol. The van der Waals surface area contributed by atoms with E-state index >= 15 is 0 Å². The van der Waals surface area contributed by atoms with Crippen LogP contribution in [0, 0.1) is 23.7 Å². The van der Waals surface area contributed by atoms with Crippen LogP contribution in [0.1, 0.15) is 351 Å². The molecule has 0 aliphatic heterocycles. The fourth-order valence-electron chi connectivity index (χ4n) is 10.7. The van der Waals surface area contributed by atoms with Gasteiger partial charge >= 0.3 is 39.5 Å². The van der Waals surface area contributed by atoms with Gasteiger partial charge in [0.1, 0.15) is 19.3 Å². The molecule has 0 aliphatic carbocycles. The van der Waals surface area contributed by atoms with Gasteiger partial charge in [-0.25, -0.2) is 9.13 Å². The molecule has 5 atom stereocenters. The summed E-state index contributed by atoms with van der Waals surface area (Å²) >= 11 is 0. The van der Waals surface area contributed by atoms with E-state index in [1.165, 1.54) is 148 Å². The molecule has 19 heteroatoms. The average molecular weight is 1330 g/mol. The van der Waals surface area contributed by atoms with Crippen LogP contribution >= 0.6 is 15.6 Å². The molecule has 0 saturated heterocycles. The Morgan fingerprint density at radius 2 is 0.467 bits per heavy atom. The number of carbonyl (C=O) groups excluding carboxylic acids is 4. The number of phosphoric ester groups is 2. The second-order valence-electron chi connectivity index (χ2n) is 27.5. The molecule has 0 amide bonds. The maximum Gasteiger partial charge on any atom is 0.472 e. The van der Waals surface area contributed by atoms with E-state index in [4.69, 9.17) is 37.0 Å². The highest BCUT2D eigenvalue weighted by atomic mass is 31.2. The molecule has 0 aromatic heterocycles. The van der Waals surface area contributed by atoms with E-state index in [2.05, 4.69) is 55.4 Å². The Bertz CT molecular complexity index is 1780. The summed E-state index contributed by atoms with van der Waals surface area (Å²) in [5.41, 5.74) is 0. The van der Waals surface area contributed by atoms with Crippen molar-refractivity contribution in [3.63, 3.8) is 0 Å². The second-order valence-corrected chi connectivity index (χ2v) is 30.4. The molecule has 0 aromatic carbocycles. The molecule has 3 N–H and O–H groups in total. The Morgan fingerprint density at radius 3 is 0.689 bits per heavy atom. The molecule has 0 bridgehead atoms. The normalized spacial score (nSPS) is 14.3. The van der Waals surface area contributed by atoms with E-state index in [-0.39, 0.29) is 25.7 Å². The van der Waals surface area contributed by atoms with Crippen molar-refractivity contribution in [3.05, 3.63) is 0 Å². The third-order valence-corrected chi connectivity index (χ3v) is 18.2. The number of hydrogen-bond donors (Lipinski definition) is 3. The van der Waals surface area contributed by atoms with E-state index in [0.717, 1.165) is 108 Å². The molecule has 0 aliphatic rings. The molecule has 0 saturated carbocycles. The molecule has 534 valence electrons. The monoisotopic (exact) mass is 1320 g/mol. The number of aliphatic hydroxyl groups excluding tert-OH is 1. The lowest BCUT2D eigenvalue weighted by molar-refractivity contribution is -0.161. The Kier molecular flexibility index (Phi) is 59.4. The number of aliphatic hydroxyl groups is 1. The van der Waals surface area contributed by atoms with Gasteiger partial charge < -0.3 is 33.8 Å². The first kappa shape index (κ1) is 88.1. The van der Waals surface area contributed by atoms with Gasteiger partial charge in [0.2, 0.25) is 0 Å². The molecule has 0 aromatic rings. The van der Waals surface area contributed by atoms with Crippen LogP contribution in [-0.4, -0.2) is 96.7 Å². The van der Waals surface area contributed by atoms with Crippen LogP contribution in [0.25, 0.3) is 0 Å². The van der Waals surface area contributed by atoms with Crippen molar-refractivity contribution in [2.45, 2.75) is 369 Å². The Morgan fingerprint density at radius 1 is 0.278 bits per heavy atom. The van der Waals surface area contributed by atoms with E-state index in [9.17, 15) is 43.2 Å². The minimum absolute atomic E-state index is 0.103. The fraction of sp³-hybridized carbons (Fsp3) is 0.944. The molecular formula is C71H138O17P2. The summed E-state index contributed by atoms with van der Waals surface area (Å²) in [5, 5.41) is 10.6. The maximum absolute atomic E-state index is 13.0. The average Bonchev–Trinajstić information content (AvgIpc) is 2.38. The first-order valence-electron chi connectivity index (χ1n) is 36.7. The van der Waals surface area contributed by atoms with Crippen molar-refractivity contribution in [3.8, 4) is 0 Å². The Balaban J connectivity index is 5.19. The highest BCUT2D eigenvalue weighted by molar-refractivity contribution is 7.47. The molecule has 0 rings (SSSR count). The number of esters is 4. The van der Waals surface area contributed by atoms with Gasteiger partial charge in [0, 0.05) is 25.7 Å². The first-order chi connectivity index (χ1) is 43.1. The van der Waals surface area contributed by atoms with Crippen LogP contribution in [0.2, 0.25) is 0 Å². The van der Waals surface area contributed by atoms with E-state index in [0.29, 0.717) is 37.5 Å². The number of rotatable bonds is 68. The topological polar surface area (TPSA) is 237 Å². The van der Waals surface area contributed by atoms with Crippen molar-refractivity contribution >= 4 is 39.5 Å². The van der Waals surface area contributed by atoms with Crippen LogP contribution in [0.4, 0.5) is 0 Å². The lowest BCUT2D eigenvalue weighted by Gasteiger charge is -2.21. The predicted octanol–water partition coefficient (Wildman–Crippen LogP) is 20.1. The summed E-state index contributed by atoms with van der Waals surface area (Å²) in [6.07, 6.45) is 43.3. The van der Waals surface area contributed by atoms with Crippen molar-refractivity contribution in [2.75, 3.05) is 39.6 Å². The van der Waals surface area contributed by atoms with Gasteiger partial charge in [0.15, 0.2) is 12.2 Å². The minimum Gasteiger partial charge on any atom is -0.462 e. The summed E-state index contributed by atoms with van der Waals surface area (Å²) in [7, 11) is -9.90. The number of unbranched alkanes of at least 4 members (excludes halogenated alkanes) is 34. The fourth-order valence-corrected chi connectivity index (χ4v) is 12.2. The number of carbonyl (C=O) groups is 4. The van der Waals surface area contributed by atoms with Gasteiger partial charge in [-0.15, -0.1) is 0 Å². The van der Waals surface area contributed by atoms with Crippen LogP contribution < -0.4 is 0 Å². The minimum atomic E-state index is -4.95. The second kappa shape index (κ2) is 60.7. The molecular weight excluding hydrogens is 1190 g/mol. The van der Waals surface area contributed by atoms with Crippen molar-refractivity contribution in [2.24, 2.45) is 23.7 Å². The van der Waals surface area contributed by atoms with Gasteiger partial charge in [-0.2, -0.15) is 0 Å². The van der Waals surface area contributed by atoms with Crippen LogP contribution in [-0.2, 0) is 65.4 Å². The molecule has 0 fully saturated rings. The van der Waals surface area contributed by atoms with Gasteiger partial charge in [0.05, 0.1) is 26.4 Å². The van der Waals surface area contributed by atoms with Crippen molar-refractivity contribution in [1.29, 1.82) is 0 Å². The zero-order valence-electron chi connectivity index (χ0n) is 58.8. The van der Waals surface area contributed by atoms with Gasteiger partial charge in [0.25, 0.3) is 0 Å². The standard InChI is InChI=1S/C71H138O17P2/c1-61(2)47-39-31-23-18-14-11-9-10-12-16-20-26-35-43-51-68(73)81-57-66(88-71(76)54-46-38-28-22-25-33-41-49-63(5)6)59-85-89(77,78)83-55-65(72)56-84-90(79,80)86-60-67(58-82-69(74)52-44-36-30-29-34-42-50-64(7)8)87-70(75)53-45-37-27-21-17-13-15-19-24-32-40-48-62(3)4/h61-67,72H,9-60H2,1-8H3,(H,77,78)(H,79,80)/t65-,66-,67-/m1/s1. The quantitative estimate of drug-likeness (QED) is 0.0222. The zero-order chi connectivity index (χ0) is 66.8. The Hall–Kier alpha value is -1.94. The molecule has 90 heavy (non-hydrogen) atoms. The summed E-state index contributed by atoms with van der Waals surface area (Å²) < 4.78 is 68.3. The lowest BCUT2D eigenvalue weighted by Crippen LogP contribution is -2.30. The van der Waals surface area contributed by atoms with Gasteiger partial charge in [-0.1, -0.05) is 299 Å². The summed E-state index contributed by atoms with van der Waals surface area (Å²) in [4.78, 5) is 72.5. The van der Waals surface area contributed by atoms with Crippen LogP contribution in [0.3, 0.4) is 0 Å². The maximum atomic E-state index is 13.0. The first-order valence-corrected chi connectivity index (χ1v) is 39.7. The number of hydrogen-bond acceptors (Lipinski definition) is 15. The van der Waals surface area contributed by atoms with Crippen LogP contribution in [0.5, 0.6) is 0 Å². The molecule has 17 nitrogen and oxygen atoms in total. The van der Waals surface area contributed by atoms with E-state index in [1.807, 2.05) is 0 Å². The summed E-state index contributed by atoms with van der Waals surface area (Å²) in [5.74, 6) is 0.808. The molecule has 2 unspecified atom stereocenters. The molecule has 0 radical (unpaired) electrons. The highest BCUT2D eigenvalue weighted by Gasteiger charge is 2.30. The lowest BCUT2D eigenvalue weighted by atomic mass is 10.0. The number of ether oxygens (including phenoxy) is 4. The summed E-state index contributed by atoms with van der Waals surface area (Å²) in [6.45, 7) is 14.0. The largest absolute Gasteiger partial charge is 0.472 e. The molecule has 0 heterocycles. The van der Waals surface area contributed by atoms with Gasteiger partial charge in [-0.3, -0.25) is 37.3 Å². The highest BCUT2D eigenvalue weighted by Crippen LogP contribution is 2.45. The number of phosphoric acid groups is 2. The smallest absolute Gasteiger partial charge is 0.462 e. The van der Waals surface area contributed by atoms with E-state index in [1.54, 1.807) is 0 Å². The SMILES string of the molecule is CC(C)CCCCCCCCCCCCCCCCC(=O)OC[C@H](COP(=O)(O)OC[C@@H](O)COP(=O)(O)OC[C@@H](COC(=O)CCCCCCCCC(C)C)OC(=O)CCCCCCCCCCCCCC(C)C)OC(=O)CCCCCCCCCC(C)C.